The van der Waals surface area contributed by atoms with Crippen molar-refractivity contribution in [3.63, 3.8) is 0 Å². The van der Waals surface area contributed by atoms with Crippen LogP contribution in [0.15, 0.2) is 48.5 Å². The van der Waals surface area contributed by atoms with Gasteiger partial charge in [-0.25, -0.2) is 0 Å². The number of hydrogen-bond donors (Lipinski definition) is 0. The molecule has 2 aromatic rings. The van der Waals surface area contributed by atoms with E-state index in [1.54, 1.807) is 36.4 Å². The predicted octanol–water partition coefficient (Wildman–Crippen LogP) is 1.93. The molecule has 0 unspecified atom stereocenters. The van der Waals surface area contributed by atoms with Crippen molar-refractivity contribution in [2.24, 2.45) is 0 Å². The van der Waals surface area contributed by atoms with Crippen LogP contribution in [0.25, 0.3) is 0 Å². The lowest BCUT2D eigenvalue weighted by Crippen LogP contribution is -2.49. The molecule has 0 bridgehead atoms. The van der Waals surface area contributed by atoms with Crippen molar-refractivity contribution < 1.29 is 19.3 Å². The molecule has 0 aliphatic carbocycles. The number of hydroxylamine groups is 4. The second-order valence-corrected chi connectivity index (χ2v) is 5.44. The standard InChI is InChI=1S/C17H14N2O4/c20-14-9-18(22-16-7-3-1-5-12(14)16)11-19-10-15(21)13-6-2-4-8-17(13)23-19/h1-8H,9-11H2. The fourth-order valence-corrected chi connectivity index (χ4v) is 2.72. The van der Waals surface area contributed by atoms with Crippen molar-refractivity contribution >= 4 is 11.6 Å². The summed E-state index contributed by atoms with van der Waals surface area (Å²) < 4.78 is 0. The third-order valence-electron chi connectivity index (χ3n) is 3.79. The third-order valence-corrected chi connectivity index (χ3v) is 3.79. The van der Waals surface area contributed by atoms with Gasteiger partial charge in [0.05, 0.1) is 24.2 Å². The van der Waals surface area contributed by atoms with Gasteiger partial charge in [0.1, 0.15) is 6.67 Å². The molecule has 0 spiro atoms. The molecule has 2 aliphatic heterocycles. The van der Waals surface area contributed by atoms with Gasteiger partial charge in [-0.15, -0.1) is 10.1 Å². The fraction of sp³-hybridized carbons (Fsp3) is 0.176. The molecule has 0 atom stereocenters. The Balaban J connectivity index is 1.50. The highest BCUT2D eigenvalue weighted by molar-refractivity contribution is 6.01. The average Bonchev–Trinajstić information content (AvgIpc) is 2.55. The van der Waals surface area contributed by atoms with E-state index in [4.69, 9.17) is 9.68 Å². The molecule has 0 amide bonds. The highest BCUT2D eigenvalue weighted by Gasteiger charge is 2.30. The normalized spacial score (nSPS) is 17.9. The summed E-state index contributed by atoms with van der Waals surface area (Å²) in [5, 5.41) is 2.98. The van der Waals surface area contributed by atoms with E-state index >= 15 is 0 Å². The van der Waals surface area contributed by atoms with Crippen molar-refractivity contribution in [2.45, 2.75) is 0 Å². The minimum atomic E-state index is -0.0180. The number of ketones is 2. The van der Waals surface area contributed by atoms with Gasteiger partial charge in [0.25, 0.3) is 0 Å². The van der Waals surface area contributed by atoms with Crippen LogP contribution < -0.4 is 9.68 Å². The van der Waals surface area contributed by atoms with Crippen LogP contribution in [-0.2, 0) is 0 Å². The quantitative estimate of drug-likeness (QED) is 0.845. The molecule has 4 rings (SSSR count). The van der Waals surface area contributed by atoms with Crippen LogP contribution in [0.1, 0.15) is 20.7 Å². The highest BCUT2D eigenvalue weighted by Crippen LogP contribution is 2.27. The Kier molecular flexibility index (Phi) is 3.33. The number of benzene rings is 2. The summed E-state index contributed by atoms with van der Waals surface area (Å²) in [6, 6.07) is 14.2. The molecular weight excluding hydrogens is 296 g/mol. The summed E-state index contributed by atoms with van der Waals surface area (Å²) in [5.41, 5.74) is 1.15. The van der Waals surface area contributed by atoms with Gasteiger partial charge >= 0.3 is 0 Å². The number of para-hydroxylation sites is 2. The molecule has 23 heavy (non-hydrogen) atoms. The molecule has 6 nitrogen and oxygen atoms in total. The topological polar surface area (TPSA) is 59.1 Å². The maximum Gasteiger partial charge on any atom is 0.184 e. The minimum Gasteiger partial charge on any atom is -0.403 e. The first-order chi connectivity index (χ1) is 11.2. The van der Waals surface area contributed by atoms with Gasteiger partial charge in [0, 0.05) is 0 Å². The van der Waals surface area contributed by atoms with Gasteiger partial charge in [-0.3, -0.25) is 9.59 Å². The molecule has 6 heteroatoms. The average molecular weight is 310 g/mol. The van der Waals surface area contributed by atoms with Crippen molar-refractivity contribution in [3.05, 3.63) is 59.7 Å². The van der Waals surface area contributed by atoms with E-state index in [0.717, 1.165) is 0 Å². The second kappa shape index (κ2) is 5.49. The van der Waals surface area contributed by atoms with E-state index in [1.165, 1.54) is 10.1 Å². The summed E-state index contributed by atoms with van der Waals surface area (Å²) in [5.74, 6) is 1.01. The number of carbonyl (C=O) groups is 2. The molecule has 116 valence electrons. The van der Waals surface area contributed by atoms with Crippen LogP contribution in [-0.4, -0.2) is 41.5 Å². The molecule has 0 saturated heterocycles. The maximum atomic E-state index is 12.2. The van der Waals surface area contributed by atoms with E-state index in [0.29, 0.717) is 22.6 Å². The Labute approximate surface area is 132 Å². The van der Waals surface area contributed by atoms with E-state index < -0.39 is 0 Å². The Hall–Kier alpha value is -2.70. The zero-order valence-electron chi connectivity index (χ0n) is 12.3. The van der Waals surface area contributed by atoms with Crippen molar-refractivity contribution in [1.29, 1.82) is 0 Å². The number of hydrogen-bond acceptors (Lipinski definition) is 6. The lowest BCUT2D eigenvalue weighted by molar-refractivity contribution is -0.167. The first-order valence-corrected chi connectivity index (χ1v) is 7.31. The number of fused-ring (bicyclic) bond motifs is 2. The number of carbonyl (C=O) groups excluding carboxylic acids is 2. The van der Waals surface area contributed by atoms with Crippen LogP contribution in [0, 0.1) is 0 Å². The fourth-order valence-electron chi connectivity index (χ4n) is 2.72. The number of nitrogens with zero attached hydrogens (tertiary/aromatic N) is 2. The molecule has 2 heterocycles. The van der Waals surface area contributed by atoms with Gasteiger partial charge in [0.15, 0.2) is 23.1 Å². The predicted molar refractivity (Wildman–Crippen MR) is 81.1 cm³/mol. The van der Waals surface area contributed by atoms with Crippen molar-refractivity contribution in [2.75, 3.05) is 19.8 Å². The molecular formula is C17H14N2O4. The lowest BCUT2D eigenvalue weighted by atomic mass is 10.1. The molecule has 0 fully saturated rings. The largest absolute Gasteiger partial charge is 0.403 e. The lowest BCUT2D eigenvalue weighted by Gasteiger charge is -2.33. The minimum absolute atomic E-state index is 0.0180. The molecule has 0 radical (unpaired) electrons. The summed E-state index contributed by atoms with van der Waals surface area (Å²) in [6.07, 6.45) is 0. The highest BCUT2D eigenvalue weighted by atomic mass is 16.7. The molecule has 2 aromatic carbocycles. The first-order valence-electron chi connectivity index (χ1n) is 7.31. The molecule has 0 aromatic heterocycles. The Morgan fingerprint density at radius 1 is 0.739 bits per heavy atom. The zero-order valence-corrected chi connectivity index (χ0v) is 12.3. The van der Waals surface area contributed by atoms with E-state index in [2.05, 4.69) is 0 Å². The van der Waals surface area contributed by atoms with Crippen LogP contribution in [0.2, 0.25) is 0 Å². The summed E-state index contributed by atoms with van der Waals surface area (Å²) >= 11 is 0. The maximum absolute atomic E-state index is 12.2. The monoisotopic (exact) mass is 310 g/mol. The summed E-state index contributed by atoms with van der Waals surface area (Å²) in [4.78, 5) is 35.7. The Morgan fingerprint density at radius 2 is 1.17 bits per heavy atom. The third kappa shape index (κ3) is 2.58. The van der Waals surface area contributed by atoms with Crippen molar-refractivity contribution in [1.82, 2.24) is 10.1 Å². The van der Waals surface area contributed by atoms with Gasteiger partial charge < -0.3 is 9.68 Å². The SMILES string of the molecule is O=C1CN(CN2CC(=O)c3ccccc3O2)Oc2ccccc21. The molecule has 2 aliphatic rings. The van der Waals surface area contributed by atoms with E-state index in [9.17, 15) is 9.59 Å². The van der Waals surface area contributed by atoms with Gasteiger partial charge in [-0.1, -0.05) is 24.3 Å². The smallest absolute Gasteiger partial charge is 0.184 e. The second-order valence-electron chi connectivity index (χ2n) is 5.44. The first kappa shape index (κ1) is 13.9. The zero-order chi connectivity index (χ0) is 15.8. The van der Waals surface area contributed by atoms with E-state index in [-0.39, 0.29) is 31.3 Å². The van der Waals surface area contributed by atoms with Crippen LogP contribution >= 0.6 is 0 Å². The Morgan fingerprint density at radius 3 is 1.65 bits per heavy atom. The van der Waals surface area contributed by atoms with Crippen LogP contribution in [0.3, 0.4) is 0 Å². The molecule has 0 saturated carbocycles. The van der Waals surface area contributed by atoms with Gasteiger partial charge in [0.2, 0.25) is 0 Å². The van der Waals surface area contributed by atoms with Gasteiger partial charge in [-0.05, 0) is 24.3 Å². The summed E-state index contributed by atoms with van der Waals surface area (Å²) in [6.45, 7) is 0.430. The van der Waals surface area contributed by atoms with E-state index in [1.807, 2.05) is 12.1 Å². The summed E-state index contributed by atoms with van der Waals surface area (Å²) in [7, 11) is 0. The van der Waals surface area contributed by atoms with Gasteiger partial charge in [-0.2, -0.15) is 0 Å². The van der Waals surface area contributed by atoms with Crippen LogP contribution in [0.5, 0.6) is 11.5 Å². The number of Topliss-reactive ketones (excluding diaryl/α,β-unsaturated/α-hetero) is 2. The molecule has 0 N–H and O–H groups in total. The number of rotatable bonds is 2. The Bertz CT molecular complexity index is 724. The van der Waals surface area contributed by atoms with Crippen LogP contribution in [0.4, 0.5) is 0 Å². The van der Waals surface area contributed by atoms with Crippen molar-refractivity contribution in [3.8, 4) is 11.5 Å².